The average Bonchev–Trinajstić information content (AvgIpc) is 3.02. The molecular formula is C17H26FIN4O. The first-order valence-corrected chi connectivity index (χ1v) is 8.03. The third-order valence-corrected chi connectivity index (χ3v) is 4.09. The van der Waals surface area contributed by atoms with E-state index in [1.165, 1.54) is 6.07 Å². The van der Waals surface area contributed by atoms with Crippen LogP contribution in [0.25, 0.3) is 0 Å². The summed E-state index contributed by atoms with van der Waals surface area (Å²) in [5, 5.41) is 6.57. The molecule has 5 nitrogen and oxygen atoms in total. The first-order chi connectivity index (χ1) is 11.0. The van der Waals surface area contributed by atoms with E-state index in [0.717, 1.165) is 18.5 Å². The number of aliphatic imine (C=N–C) groups is 1. The molecule has 24 heavy (non-hydrogen) atoms. The number of rotatable bonds is 4. The van der Waals surface area contributed by atoms with Gasteiger partial charge >= 0.3 is 0 Å². The molecule has 1 heterocycles. The normalized spacial score (nSPS) is 17.4. The van der Waals surface area contributed by atoms with Gasteiger partial charge in [-0.05, 0) is 30.5 Å². The molecule has 1 saturated heterocycles. The van der Waals surface area contributed by atoms with Crippen molar-refractivity contribution in [3.63, 3.8) is 0 Å². The van der Waals surface area contributed by atoms with E-state index in [1.54, 1.807) is 20.0 Å². The van der Waals surface area contributed by atoms with Crippen molar-refractivity contribution < 1.29 is 9.18 Å². The molecule has 1 aliphatic heterocycles. The Kier molecular flexibility index (Phi) is 8.44. The Morgan fingerprint density at radius 1 is 1.46 bits per heavy atom. The summed E-state index contributed by atoms with van der Waals surface area (Å²) in [4.78, 5) is 17.8. The van der Waals surface area contributed by atoms with Gasteiger partial charge in [-0.2, -0.15) is 0 Å². The van der Waals surface area contributed by atoms with Crippen molar-refractivity contribution in [3.8, 4) is 0 Å². The molecule has 0 saturated carbocycles. The second-order valence-electron chi connectivity index (χ2n) is 5.83. The van der Waals surface area contributed by atoms with Gasteiger partial charge in [0.25, 0.3) is 0 Å². The fourth-order valence-corrected chi connectivity index (χ4v) is 2.72. The number of hydrogen-bond donors (Lipinski definition) is 2. The standard InChI is InChI=1S/C17H25FN4O.HI/c1-4-16(23)22-8-7-14(11-22)21-17(19-3)20-10-13-5-6-15(18)12(2)9-13;/h5-6,9,14H,4,7-8,10-11H2,1-3H3,(H2,19,20,21);1H. The lowest BCUT2D eigenvalue weighted by atomic mass is 10.1. The number of carbonyl (C=O) groups is 1. The number of halogens is 2. The van der Waals surface area contributed by atoms with Gasteiger partial charge in [0.05, 0.1) is 0 Å². The number of aryl methyl sites for hydroxylation is 1. The molecule has 1 aromatic rings. The highest BCUT2D eigenvalue weighted by Crippen LogP contribution is 2.11. The predicted octanol–water partition coefficient (Wildman–Crippen LogP) is 2.43. The minimum absolute atomic E-state index is 0. The molecule has 0 spiro atoms. The number of amides is 1. The first-order valence-electron chi connectivity index (χ1n) is 8.03. The molecule has 2 N–H and O–H groups in total. The van der Waals surface area contributed by atoms with E-state index in [0.29, 0.717) is 31.0 Å². The maximum absolute atomic E-state index is 13.3. The number of nitrogens with one attached hydrogen (secondary N) is 2. The van der Waals surface area contributed by atoms with Crippen LogP contribution >= 0.6 is 24.0 Å². The van der Waals surface area contributed by atoms with E-state index in [4.69, 9.17) is 0 Å². The molecule has 0 radical (unpaired) electrons. The van der Waals surface area contributed by atoms with Crippen LogP contribution in [-0.2, 0) is 11.3 Å². The van der Waals surface area contributed by atoms with Gasteiger partial charge in [0.15, 0.2) is 5.96 Å². The molecule has 0 aromatic heterocycles. The van der Waals surface area contributed by atoms with Gasteiger partial charge in [0.2, 0.25) is 5.91 Å². The predicted molar refractivity (Wildman–Crippen MR) is 105 cm³/mol. The van der Waals surface area contributed by atoms with Gasteiger partial charge in [0.1, 0.15) is 5.82 Å². The number of guanidine groups is 1. The zero-order valence-corrected chi connectivity index (χ0v) is 16.8. The Bertz CT molecular complexity index is 594. The molecule has 1 fully saturated rings. The van der Waals surface area contributed by atoms with Crippen molar-refractivity contribution in [1.29, 1.82) is 0 Å². The van der Waals surface area contributed by atoms with Crippen LogP contribution in [0.1, 0.15) is 30.9 Å². The van der Waals surface area contributed by atoms with Crippen LogP contribution in [0.4, 0.5) is 4.39 Å². The van der Waals surface area contributed by atoms with E-state index in [-0.39, 0.29) is 41.7 Å². The maximum Gasteiger partial charge on any atom is 0.222 e. The van der Waals surface area contributed by atoms with E-state index in [1.807, 2.05) is 17.9 Å². The number of carbonyl (C=O) groups excluding carboxylic acids is 1. The molecule has 2 rings (SSSR count). The van der Waals surface area contributed by atoms with Crippen molar-refractivity contribution in [3.05, 3.63) is 35.1 Å². The molecule has 134 valence electrons. The topological polar surface area (TPSA) is 56.7 Å². The molecule has 7 heteroatoms. The van der Waals surface area contributed by atoms with Crippen LogP contribution in [0, 0.1) is 12.7 Å². The van der Waals surface area contributed by atoms with Gasteiger partial charge < -0.3 is 15.5 Å². The Balaban J connectivity index is 0.00000288. The monoisotopic (exact) mass is 448 g/mol. The molecular weight excluding hydrogens is 422 g/mol. The van der Waals surface area contributed by atoms with Crippen LogP contribution in [0.5, 0.6) is 0 Å². The minimum atomic E-state index is -0.192. The van der Waals surface area contributed by atoms with Crippen molar-refractivity contribution in [1.82, 2.24) is 15.5 Å². The van der Waals surface area contributed by atoms with Crippen LogP contribution in [0.2, 0.25) is 0 Å². The fraction of sp³-hybridized carbons (Fsp3) is 0.529. The molecule has 1 aliphatic rings. The van der Waals surface area contributed by atoms with Crippen LogP contribution in [0.15, 0.2) is 23.2 Å². The lowest BCUT2D eigenvalue weighted by molar-refractivity contribution is -0.129. The lowest BCUT2D eigenvalue weighted by Gasteiger charge is -2.19. The number of hydrogen-bond acceptors (Lipinski definition) is 2. The van der Waals surface area contributed by atoms with Crippen molar-refractivity contribution >= 4 is 35.8 Å². The Morgan fingerprint density at radius 3 is 2.83 bits per heavy atom. The summed E-state index contributed by atoms with van der Waals surface area (Å²) in [5.74, 6) is 0.699. The smallest absolute Gasteiger partial charge is 0.222 e. The van der Waals surface area contributed by atoms with E-state index >= 15 is 0 Å². The Labute approximate surface area is 160 Å². The summed E-state index contributed by atoms with van der Waals surface area (Å²) < 4.78 is 13.3. The quantitative estimate of drug-likeness (QED) is 0.423. The summed E-state index contributed by atoms with van der Waals surface area (Å²) in [6, 6.07) is 5.28. The van der Waals surface area contributed by atoms with Gasteiger partial charge in [-0.1, -0.05) is 19.1 Å². The number of likely N-dealkylation sites (tertiary alicyclic amines) is 1. The summed E-state index contributed by atoms with van der Waals surface area (Å²) in [6.07, 6.45) is 1.46. The third-order valence-electron chi connectivity index (χ3n) is 4.09. The summed E-state index contributed by atoms with van der Waals surface area (Å²) in [5.41, 5.74) is 1.64. The van der Waals surface area contributed by atoms with Crippen molar-refractivity contribution in [2.24, 2.45) is 4.99 Å². The largest absolute Gasteiger partial charge is 0.352 e. The second-order valence-corrected chi connectivity index (χ2v) is 5.83. The fourth-order valence-electron chi connectivity index (χ4n) is 2.72. The highest BCUT2D eigenvalue weighted by molar-refractivity contribution is 14.0. The van der Waals surface area contributed by atoms with E-state index in [2.05, 4.69) is 15.6 Å². The molecule has 1 atom stereocenters. The maximum atomic E-state index is 13.3. The average molecular weight is 448 g/mol. The molecule has 1 amide bonds. The van der Waals surface area contributed by atoms with Crippen molar-refractivity contribution in [2.75, 3.05) is 20.1 Å². The van der Waals surface area contributed by atoms with Gasteiger partial charge in [0, 0.05) is 39.1 Å². The zero-order valence-electron chi connectivity index (χ0n) is 14.4. The Hall–Kier alpha value is -1.38. The van der Waals surface area contributed by atoms with Crippen LogP contribution < -0.4 is 10.6 Å². The minimum Gasteiger partial charge on any atom is -0.352 e. The molecule has 0 aliphatic carbocycles. The lowest BCUT2D eigenvalue weighted by Crippen LogP contribution is -2.44. The third kappa shape index (κ3) is 5.61. The molecule has 1 unspecified atom stereocenters. The zero-order chi connectivity index (χ0) is 16.8. The van der Waals surface area contributed by atoms with Gasteiger partial charge in [-0.25, -0.2) is 4.39 Å². The Morgan fingerprint density at radius 2 is 2.21 bits per heavy atom. The highest BCUT2D eigenvalue weighted by Gasteiger charge is 2.25. The summed E-state index contributed by atoms with van der Waals surface area (Å²) in [6.45, 7) is 5.71. The number of nitrogens with zero attached hydrogens (tertiary/aromatic N) is 2. The van der Waals surface area contributed by atoms with Crippen LogP contribution in [-0.4, -0.2) is 42.9 Å². The SMILES string of the molecule is CCC(=O)N1CCC(NC(=NC)NCc2ccc(F)c(C)c2)C1.I. The highest BCUT2D eigenvalue weighted by atomic mass is 127. The van der Waals surface area contributed by atoms with Gasteiger partial charge in [-0.3, -0.25) is 9.79 Å². The van der Waals surface area contributed by atoms with Gasteiger partial charge in [-0.15, -0.1) is 24.0 Å². The number of benzene rings is 1. The van der Waals surface area contributed by atoms with E-state index in [9.17, 15) is 9.18 Å². The van der Waals surface area contributed by atoms with Crippen LogP contribution in [0.3, 0.4) is 0 Å². The first kappa shape index (κ1) is 20.7. The second kappa shape index (κ2) is 9.80. The molecule has 0 bridgehead atoms. The van der Waals surface area contributed by atoms with E-state index < -0.39 is 0 Å². The summed E-state index contributed by atoms with van der Waals surface area (Å²) in [7, 11) is 1.72. The summed E-state index contributed by atoms with van der Waals surface area (Å²) >= 11 is 0. The van der Waals surface area contributed by atoms with Crippen molar-refractivity contribution in [2.45, 2.75) is 39.3 Å². The molecule has 1 aromatic carbocycles.